The number of aromatic nitrogens is 5. The first-order chi connectivity index (χ1) is 9.13. The molecule has 0 aliphatic carbocycles. The number of rotatable bonds is 5. The lowest BCUT2D eigenvalue weighted by atomic mass is 10.4. The van der Waals surface area contributed by atoms with E-state index in [1.54, 1.807) is 25.0 Å². The minimum atomic E-state index is -0.537. The maximum atomic E-state index is 11.0. The van der Waals surface area contributed by atoms with Gasteiger partial charge < -0.3 is 15.2 Å². The van der Waals surface area contributed by atoms with Crippen molar-refractivity contribution in [3.63, 3.8) is 0 Å². The van der Waals surface area contributed by atoms with Gasteiger partial charge in [0.15, 0.2) is 5.82 Å². The van der Waals surface area contributed by atoms with E-state index in [2.05, 4.69) is 30.8 Å². The van der Waals surface area contributed by atoms with Gasteiger partial charge in [-0.2, -0.15) is 0 Å². The molecular weight excluding hydrogens is 252 g/mol. The van der Waals surface area contributed by atoms with Gasteiger partial charge in [-0.15, -0.1) is 10.2 Å². The lowest BCUT2D eigenvalue weighted by Crippen LogP contribution is -2.10. The summed E-state index contributed by atoms with van der Waals surface area (Å²) in [5, 5.41) is 24.1. The number of anilines is 2. The third kappa shape index (κ3) is 2.56. The van der Waals surface area contributed by atoms with Crippen molar-refractivity contribution in [2.24, 2.45) is 7.05 Å². The molecule has 0 atom stereocenters. The molecule has 0 saturated carbocycles. The Kier molecular flexibility index (Phi) is 3.50. The molecule has 0 saturated heterocycles. The number of hydrogen-bond donors (Lipinski definition) is 2. The number of nitrogens with zero attached hydrogens (tertiary/aromatic N) is 6. The van der Waals surface area contributed by atoms with E-state index in [-0.39, 0.29) is 23.9 Å². The lowest BCUT2D eigenvalue weighted by Gasteiger charge is -2.07. The summed E-state index contributed by atoms with van der Waals surface area (Å²) in [5.41, 5.74) is -0.202. The molecule has 2 N–H and O–H groups in total. The van der Waals surface area contributed by atoms with E-state index in [4.69, 9.17) is 0 Å². The van der Waals surface area contributed by atoms with Gasteiger partial charge in [0.2, 0.25) is 11.6 Å². The third-order valence-corrected chi connectivity index (χ3v) is 2.46. The summed E-state index contributed by atoms with van der Waals surface area (Å²) in [6, 6.07) is 0. The van der Waals surface area contributed by atoms with Crippen LogP contribution in [-0.2, 0) is 13.6 Å². The number of nitrogens with one attached hydrogen (secondary N) is 2. The average Bonchev–Trinajstić information content (AvgIpc) is 2.81. The van der Waals surface area contributed by atoms with Crippen LogP contribution in [0, 0.1) is 10.1 Å². The highest BCUT2D eigenvalue weighted by molar-refractivity contribution is 5.68. The van der Waals surface area contributed by atoms with E-state index >= 15 is 0 Å². The molecule has 2 heterocycles. The molecule has 10 nitrogen and oxygen atoms in total. The second kappa shape index (κ2) is 5.25. The van der Waals surface area contributed by atoms with Crippen molar-refractivity contribution in [1.29, 1.82) is 0 Å². The third-order valence-electron chi connectivity index (χ3n) is 2.46. The number of hydrogen-bond acceptors (Lipinski definition) is 8. The summed E-state index contributed by atoms with van der Waals surface area (Å²) in [6.45, 7) is 0.275. The van der Waals surface area contributed by atoms with E-state index in [0.29, 0.717) is 5.82 Å². The Morgan fingerprint density at radius 1 is 1.42 bits per heavy atom. The zero-order valence-corrected chi connectivity index (χ0v) is 10.4. The first kappa shape index (κ1) is 12.7. The van der Waals surface area contributed by atoms with Gasteiger partial charge in [-0.3, -0.25) is 10.1 Å². The summed E-state index contributed by atoms with van der Waals surface area (Å²) >= 11 is 0. The highest BCUT2D eigenvalue weighted by Gasteiger charge is 2.22. The van der Waals surface area contributed by atoms with Crippen LogP contribution < -0.4 is 10.6 Å². The van der Waals surface area contributed by atoms with Gasteiger partial charge in [-0.05, 0) is 0 Å². The van der Waals surface area contributed by atoms with Crippen molar-refractivity contribution in [3.05, 3.63) is 28.6 Å². The van der Waals surface area contributed by atoms with Crippen LogP contribution in [0.2, 0.25) is 0 Å². The molecule has 10 heteroatoms. The SMILES string of the molecule is CNc1ncnc(NCc2nncn2C)c1[N+](=O)[O-]. The molecule has 0 radical (unpaired) electrons. The van der Waals surface area contributed by atoms with Crippen molar-refractivity contribution >= 4 is 17.3 Å². The molecular formula is C9H12N8O2. The Balaban J connectivity index is 2.25. The van der Waals surface area contributed by atoms with Crippen LogP contribution in [0.5, 0.6) is 0 Å². The molecule has 0 aliphatic rings. The summed E-state index contributed by atoms with van der Waals surface area (Å²) in [5.74, 6) is 0.923. The predicted molar refractivity (Wildman–Crippen MR) is 66.6 cm³/mol. The monoisotopic (exact) mass is 264 g/mol. The number of nitro groups is 1. The maximum Gasteiger partial charge on any atom is 0.353 e. The lowest BCUT2D eigenvalue weighted by molar-refractivity contribution is -0.383. The molecule has 0 fully saturated rings. The van der Waals surface area contributed by atoms with Crippen molar-refractivity contribution in [2.75, 3.05) is 17.7 Å². The molecule has 2 rings (SSSR count). The predicted octanol–water partition coefficient (Wildman–Crippen LogP) is 0.167. The Hall–Kier alpha value is -2.78. The smallest absolute Gasteiger partial charge is 0.353 e. The first-order valence-corrected chi connectivity index (χ1v) is 5.37. The fourth-order valence-corrected chi connectivity index (χ4v) is 1.49. The second-order valence-electron chi connectivity index (χ2n) is 3.64. The van der Waals surface area contributed by atoms with Crippen LogP contribution in [0.4, 0.5) is 17.3 Å². The summed E-state index contributed by atoms with van der Waals surface area (Å²) in [6.07, 6.45) is 2.79. The summed E-state index contributed by atoms with van der Waals surface area (Å²) in [7, 11) is 3.34. The normalized spacial score (nSPS) is 10.2. The molecule has 19 heavy (non-hydrogen) atoms. The topological polar surface area (TPSA) is 124 Å². The number of aryl methyl sites for hydroxylation is 1. The summed E-state index contributed by atoms with van der Waals surface area (Å²) < 4.78 is 1.71. The fraction of sp³-hybridized carbons (Fsp3) is 0.333. The van der Waals surface area contributed by atoms with Crippen molar-refractivity contribution in [3.8, 4) is 0 Å². The van der Waals surface area contributed by atoms with E-state index in [1.165, 1.54) is 6.33 Å². The highest BCUT2D eigenvalue weighted by atomic mass is 16.6. The Labute approximate surface area is 108 Å². The highest BCUT2D eigenvalue weighted by Crippen LogP contribution is 2.28. The molecule has 0 aromatic carbocycles. The van der Waals surface area contributed by atoms with E-state index in [9.17, 15) is 10.1 Å². The molecule has 0 bridgehead atoms. The van der Waals surface area contributed by atoms with Crippen molar-refractivity contribution in [1.82, 2.24) is 24.7 Å². The van der Waals surface area contributed by atoms with Gasteiger partial charge in [0.1, 0.15) is 12.7 Å². The molecule has 2 aromatic heterocycles. The molecule has 100 valence electrons. The van der Waals surface area contributed by atoms with Gasteiger partial charge in [-0.25, -0.2) is 9.97 Å². The largest absolute Gasteiger partial charge is 0.367 e. The van der Waals surface area contributed by atoms with Crippen LogP contribution in [0.1, 0.15) is 5.82 Å². The minimum Gasteiger partial charge on any atom is -0.367 e. The van der Waals surface area contributed by atoms with Crippen LogP contribution in [0.15, 0.2) is 12.7 Å². The molecule has 0 amide bonds. The zero-order valence-electron chi connectivity index (χ0n) is 10.4. The van der Waals surface area contributed by atoms with E-state index < -0.39 is 4.92 Å². The van der Waals surface area contributed by atoms with Gasteiger partial charge in [-0.1, -0.05) is 0 Å². The van der Waals surface area contributed by atoms with E-state index in [0.717, 1.165) is 0 Å². The maximum absolute atomic E-state index is 11.0. The van der Waals surface area contributed by atoms with Gasteiger partial charge in [0.05, 0.1) is 11.5 Å². The van der Waals surface area contributed by atoms with Gasteiger partial charge in [0, 0.05) is 14.1 Å². The van der Waals surface area contributed by atoms with Gasteiger partial charge >= 0.3 is 5.69 Å². The van der Waals surface area contributed by atoms with Gasteiger partial charge in [0.25, 0.3) is 0 Å². The quantitative estimate of drug-likeness (QED) is 0.578. The summed E-state index contributed by atoms with van der Waals surface area (Å²) in [4.78, 5) is 18.2. The van der Waals surface area contributed by atoms with Crippen molar-refractivity contribution in [2.45, 2.75) is 6.54 Å². The molecule has 0 spiro atoms. The van der Waals surface area contributed by atoms with Crippen LogP contribution in [0.25, 0.3) is 0 Å². The van der Waals surface area contributed by atoms with Crippen LogP contribution >= 0.6 is 0 Å². The van der Waals surface area contributed by atoms with Crippen molar-refractivity contribution < 1.29 is 4.92 Å². The molecule has 2 aromatic rings. The molecule has 0 aliphatic heterocycles. The minimum absolute atomic E-state index is 0.132. The average molecular weight is 264 g/mol. The zero-order chi connectivity index (χ0) is 13.8. The van der Waals surface area contributed by atoms with Crippen LogP contribution in [-0.4, -0.2) is 36.7 Å². The van der Waals surface area contributed by atoms with Crippen LogP contribution in [0.3, 0.4) is 0 Å². The fourth-order valence-electron chi connectivity index (χ4n) is 1.49. The van der Waals surface area contributed by atoms with E-state index in [1.807, 2.05) is 0 Å². The second-order valence-corrected chi connectivity index (χ2v) is 3.64. The standard InChI is InChI=1S/C9H12N8O2/c1-10-8-7(17(18)19)9(13-4-12-8)11-3-6-15-14-5-16(6)2/h4-5H,3H2,1-2H3,(H2,10,11,12,13). The Bertz CT molecular complexity index is 596. The Morgan fingerprint density at radius 3 is 2.74 bits per heavy atom. The first-order valence-electron chi connectivity index (χ1n) is 5.37. The molecule has 0 unspecified atom stereocenters. The Morgan fingerprint density at radius 2 is 2.16 bits per heavy atom.